The predicted octanol–water partition coefficient (Wildman–Crippen LogP) is 1.67. The summed E-state index contributed by atoms with van der Waals surface area (Å²) in [7, 11) is 1.73. The molecular formula is C15H27N5O2. The monoisotopic (exact) mass is 309 g/mol. The Morgan fingerprint density at radius 1 is 1.50 bits per heavy atom. The number of nitrogens with zero attached hydrogens (tertiary/aromatic N) is 3. The molecule has 7 nitrogen and oxygen atoms in total. The van der Waals surface area contributed by atoms with Gasteiger partial charge in [-0.2, -0.15) is 5.10 Å². The third-order valence-electron chi connectivity index (χ3n) is 4.03. The summed E-state index contributed by atoms with van der Waals surface area (Å²) in [6, 6.07) is -0.0601. The Morgan fingerprint density at radius 3 is 2.77 bits per heavy atom. The van der Waals surface area contributed by atoms with E-state index in [1.807, 2.05) is 4.90 Å². The summed E-state index contributed by atoms with van der Waals surface area (Å²) in [4.78, 5) is 18.5. The molecule has 2 N–H and O–H groups in total. The molecule has 7 heteroatoms. The van der Waals surface area contributed by atoms with E-state index in [1.165, 1.54) is 0 Å². The highest BCUT2D eigenvalue weighted by atomic mass is 16.5. The Hall–Kier alpha value is -1.63. The van der Waals surface area contributed by atoms with Gasteiger partial charge in [0.1, 0.15) is 5.82 Å². The fraction of sp³-hybridized carbons (Fsp3) is 0.800. The summed E-state index contributed by atoms with van der Waals surface area (Å²) in [6.07, 6.45) is 1.12. The number of amides is 2. The molecule has 2 unspecified atom stereocenters. The van der Waals surface area contributed by atoms with Crippen LogP contribution in [0.4, 0.5) is 4.79 Å². The Kier molecular flexibility index (Phi) is 5.05. The topological polar surface area (TPSA) is 83.1 Å². The number of piperidine rings is 1. The van der Waals surface area contributed by atoms with E-state index >= 15 is 0 Å². The van der Waals surface area contributed by atoms with Gasteiger partial charge in [0.05, 0.1) is 12.6 Å². The zero-order chi connectivity index (χ0) is 16.3. The molecule has 0 bridgehead atoms. The number of aromatic amines is 1. The Balaban J connectivity index is 1.84. The van der Waals surface area contributed by atoms with Gasteiger partial charge < -0.3 is 15.0 Å². The maximum absolute atomic E-state index is 12.2. The van der Waals surface area contributed by atoms with E-state index in [1.54, 1.807) is 7.11 Å². The normalized spacial score (nSPS) is 22.7. The van der Waals surface area contributed by atoms with Crippen molar-refractivity contribution in [1.29, 1.82) is 0 Å². The molecule has 1 aromatic heterocycles. The van der Waals surface area contributed by atoms with Crippen molar-refractivity contribution < 1.29 is 9.53 Å². The van der Waals surface area contributed by atoms with Crippen LogP contribution in [0.1, 0.15) is 45.8 Å². The number of nitrogens with one attached hydrogen (secondary N) is 2. The molecule has 0 radical (unpaired) electrons. The lowest BCUT2D eigenvalue weighted by atomic mass is 9.96. The van der Waals surface area contributed by atoms with E-state index in [4.69, 9.17) is 4.74 Å². The van der Waals surface area contributed by atoms with Crippen LogP contribution in [-0.4, -0.2) is 52.4 Å². The minimum atomic E-state index is -0.101. The quantitative estimate of drug-likeness (QED) is 0.889. The van der Waals surface area contributed by atoms with Gasteiger partial charge in [-0.05, 0) is 6.42 Å². The zero-order valence-corrected chi connectivity index (χ0v) is 14.1. The summed E-state index contributed by atoms with van der Waals surface area (Å²) < 4.78 is 5.41. The molecule has 1 saturated heterocycles. The van der Waals surface area contributed by atoms with Gasteiger partial charge in [-0.3, -0.25) is 5.10 Å². The smallest absolute Gasteiger partial charge is 0.317 e. The third-order valence-corrected chi connectivity index (χ3v) is 4.03. The van der Waals surface area contributed by atoms with Gasteiger partial charge >= 0.3 is 6.03 Å². The molecule has 2 amide bonds. The van der Waals surface area contributed by atoms with Crippen molar-refractivity contribution in [1.82, 2.24) is 25.4 Å². The molecule has 1 fully saturated rings. The van der Waals surface area contributed by atoms with Crippen LogP contribution in [0.5, 0.6) is 0 Å². The lowest BCUT2D eigenvalue weighted by Crippen LogP contribution is -2.49. The first kappa shape index (κ1) is 16.7. The molecule has 0 spiro atoms. The first-order valence-corrected chi connectivity index (χ1v) is 7.78. The number of aromatic nitrogens is 3. The molecule has 2 heterocycles. The summed E-state index contributed by atoms with van der Waals surface area (Å²) in [5, 5.41) is 9.97. The van der Waals surface area contributed by atoms with Crippen LogP contribution in [0.25, 0.3) is 0 Å². The summed E-state index contributed by atoms with van der Waals surface area (Å²) >= 11 is 0. The number of hydrogen-bond donors (Lipinski definition) is 2. The van der Waals surface area contributed by atoms with Crippen molar-refractivity contribution >= 4 is 6.03 Å². The predicted molar refractivity (Wildman–Crippen MR) is 83.5 cm³/mol. The average Bonchev–Trinajstić information content (AvgIpc) is 2.93. The highest BCUT2D eigenvalue weighted by Crippen LogP contribution is 2.19. The van der Waals surface area contributed by atoms with Gasteiger partial charge in [0, 0.05) is 31.5 Å². The van der Waals surface area contributed by atoms with Crippen LogP contribution in [0.3, 0.4) is 0 Å². The van der Waals surface area contributed by atoms with E-state index < -0.39 is 0 Å². The molecule has 1 aliphatic heterocycles. The van der Waals surface area contributed by atoms with Crippen molar-refractivity contribution in [2.45, 2.75) is 52.2 Å². The van der Waals surface area contributed by atoms with Crippen LogP contribution in [0, 0.1) is 5.92 Å². The fourth-order valence-corrected chi connectivity index (χ4v) is 2.64. The minimum absolute atomic E-state index is 0.0601. The third kappa shape index (κ3) is 3.97. The van der Waals surface area contributed by atoms with E-state index in [9.17, 15) is 4.79 Å². The van der Waals surface area contributed by atoms with Crippen molar-refractivity contribution in [2.24, 2.45) is 5.92 Å². The van der Waals surface area contributed by atoms with Crippen LogP contribution in [0.2, 0.25) is 0 Å². The van der Waals surface area contributed by atoms with Crippen molar-refractivity contribution in [3.05, 3.63) is 11.6 Å². The van der Waals surface area contributed by atoms with Gasteiger partial charge in [0.15, 0.2) is 5.82 Å². The maximum atomic E-state index is 12.2. The molecule has 1 aromatic rings. The molecule has 2 atom stereocenters. The van der Waals surface area contributed by atoms with Crippen molar-refractivity contribution in [3.8, 4) is 0 Å². The molecule has 1 aliphatic rings. The highest BCUT2D eigenvalue weighted by molar-refractivity contribution is 5.74. The maximum Gasteiger partial charge on any atom is 0.317 e. The zero-order valence-electron chi connectivity index (χ0n) is 14.1. The van der Waals surface area contributed by atoms with Crippen LogP contribution in [0.15, 0.2) is 0 Å². The SMILES string of the molecule is COC1CCN(C(=O)NCc2nc(C(C)(C)C)n[nH]2)CC1C. The number of carbonyl (C=O) groups excluding carboxylic acids is 1. The Bertz CT molecular complexity index is 508. The fourth-order valence-electron chi connectivity index (χ4n) is 2.64. The summed E-state index contributed by atoms with van der Waals surface area (Å²) in [5.74, 6) is 1.78. The van der Waals surface area contributed by atoms with Gasteiger partial charge in [-0.15, -0.1) is 0 Å². The molecular weight excluding hydrogens is 282 g/mol. The Labute approximate surface area is 131 Å². The lowest BCUT2D eigenvalue weighted by molar-refractivity contribution is 0.0108. The molecule has 22 heavy (non-hydrogen) atoms. The van der Waals surface area contributed by atoms with Gasteiger partial charge in [0.2, 0.25) is 0 Å². The van der Waals surface area contributed by atoms with Gasteiger partial charge in [0.25, 0.3) is 0 Å². The number of hydrogen-bond acceptors (Lipinski definition) is 4. The van der Waals surface area contributed by atoms with Crippen LogP contribution < -0.4 is 5.32 Å². The first-order chi connectivity index (χ1) is 10.3. The number of urea groups is 1. The molecule has 0 aliphatic carbocycles. The van der Waals surface area contributed by atoms with Crippen molar-refractivity contribution in [3.63, 3.8) is 0 Å². The number of likely N-dealkylation sites (tertiary alicyclic amines) is 1. The highest BCUT2D eigenvalue weighted by Gasteiger charge is 2.28. The largest absolute Gasteiger partial charge is 0.381 e. The summed E-state index contributed by atoms with van der Waals surface area (Å²) in [6.45, 7) is 10.1. The van der Waals surface area contributed by atoms with Crippen LogP contribution in [-0.2, 0) is 16.7 Å². The van der Waals surface area contributed by atoms with E-state index in [2.05, 4.69) is 48.2 Å². The first-order valence-electron chi connectivity index (χ1n) is 7.78. The lowest BCUT2D eigenvalue weighted by Gasteiger charge is -2.35. The number of methoxy groups -OCH3 is 1. The number of rotatable bonds is 3. The number of carbonyl (C=O) groups is 1. The second-order valence-corrected chi connectivity index (χ2v) is 7.00. The second kappa shape index (κ2) is 6.64. The molecule has 0 saturated carbocycles. The van der Waals surface area contributed by atoms with E-state index in [-0.39, 0.29) is 17.6 Å². The summed E-state index contributed by atoms with van der Waals surface area (Å²) in [5.41, 5.74) is -0.101. The average molecular weight is 309 g/mol. The molecule has 2 rings (SSSR count). The van der Waals surface area contributed by atoms with E-state index in [0.29, 0.717) is 24.8 Å². The van der Waals surface area contributed by atoms with E-state index in [0.717, 1.165) is 18.8 Å². The second-order valence-electron chi connectivity index (χ2n) is 7.00. The van der Waals surface area contributed by atoms with Gasteiger partial charge in [-0.25, -0.2) is 9.78 Å². The standard InChI is InChI=1S/C15H27N5O2/c1-10-9-20(7-6-11(10)22-5)14(21)16-8-12-17-13(19-18-12)15(2,3)4/h10-11H,6-9H2,1-5H3,(H,16,21)(H,17,18,19). The number of ether oxygens (including phenoxy) is 1. The molecule has 0 aromatic carbocycles. The Morgan fingerprint density at radius 2 is 2.23 bits per heavy atom. The minimum Gasteiger partial charge on any atom is -0.381 e. The number of H-pyrrole nitrogens is 1. The van der Waals surface area contributed by atoms with Gasteiger partial charge in [-0.1, -0.05) is 27.7 Å². The van der Waals surface area contributed by atoms with Crippen molar-refractivity contribution in [2.75, 3.05) is 20.2 Å². The molecule has 124 valence electrons. The van der Waals surface area contributed by atoms with Crippen LogP contribution >= 0.6 is 0 Å².